The van der Waals surface area contributed by atoms with E-state index in [0.29, 0.717) is 17.2 Å². The molecule has 0 atom stereocenters. The largest absolute Gasteiger partial charge is 0.397 e. The zero-order chi connectivity index (χ0) is 11.7. The Hall–Kier alpha value is -2.31. The van der Waals surface area contributed by atoms with Crippen LogP contribution in [0.3, 0.4) is 0 Å². The summed E-state index contributed by atoms with van der Waals surface area (Å²) in [6.45, 7) is 1.67. The highest BCUT2D eigenvalue weighted by molar-refractivity contribution is 6.02. The number of aryl methyl sites for hydroxylation is 2. The number of nitrogens with two attached hydrogens (primary N) is 1. The Bertz CT molecular complexity index is 528. The highest BCUT2D eigenvalue weighted by atomic mass is 16.5. The van der Waals surface area contributed by atoms with Crippen LogP contribution in [0.25, 0.3) is 0 Å². The number of carbonyl (C=O) groups is 1. The van der Waals surface area contributed by atoms with Crippen molar-refractivity contribution in [2.24, 2.45) is 7.05 Å². The molecule has 0 radical (unpaired) electrons. The lowest BCUT2D eigenvalue weighted by molar-refractivity contribution is 0.101. The summed E-state index contributed by atoms with van der Waals surface area (Å²) in [6.07, 6.45) is 1.65. The summed E-state index contributed by atoms with van der Waals surface area (Å²) >= 11 is 0. The molecule has 0 unspecified atom stereocenters. The molecule has 2 aromatic heterocycles. The first kappa shape index (κ1) is 10.2. The topological polar surface area (TPSA) is 99.0 Å². The molecule has 0 bridgehead atoms. The molecule has 0 saturated heterocycles. The van der Waals surface area contributed by atoms with E-state index in [4.69, 9.17) is 10.3 Å². The van der Waals surface area contributed by atoms with E-state index < -0.39 is 0 Å². The van der Waals surface area contributed by atoms with Gasteiger partial charge in [-0.15, -0.1) is 0 Å². The minimum Gasteiger partial charge on any atom is -0.397 e. The normalized spacial score (nSPS) is 10.4. The van der Waals surface area contributed by atoms with Gasteiger partial charge in [-0.2, -0.15) is 4.98 Å². The fourth-order valence-electron chi connectivity index (χ4n) is 1.32. The van der Waals surface area contributed by atoms with Crippen LogP contribution in [0.4, 0.5) is 11.7 Å². The SMILES string of the molecule is Cc1noc(NC(=O)c2cc(N)cn2C)n1. The molecule has 2 aromatic rings. The van der Waals surface area contributed by atoms with Crippen molar-refractivity contribution in [1.29, 1.82) is 0 Å². The third kappa shape index (κ3) is 1.88. The summed E-state index contributed by atoms with van der Waals surface area (Å²) in [5.74, 6) is 0.115. The number of nitrogens with one attached hydrogen (secondary N) is 1. The van der Waals surface area contributed by atoms with Gasteiger partial charge >= 0.3 is 6.01 Å². The van der Waals surface area contributed by atoms with Crippen molar-refractivity contribution in [3.63, 3.8) is 0 Å². The quantitative estimate of drug-likeness (QED) is 0.771. The molecule has 0 aliphatic heterocycles. The minimum absolute atomic E-state index is 0.0715. The number of carbonyl (C=O) groups excluding carboxylic acids is 1. The Labute approximate surface area is 91.2 Å². The first-order valence-corrected chi connectivity index (χ1v) is 4.60. The van der Waals surface area contributed by atoms with Gasteiger partial charge in [-0.1, -0.05) is 5.16 Å². The van der Waals surface area contributed by atoms with Gasteiger partial charge in [0.1, 0.15) is 5.69 Å². The molecule has 16 heavy (non-hydrogen) atoms. The Morgan fingerprint density at radius 3 is 2.88 bits per heavy atom. The first-order valence-electron chi connectivity index (χ1n) is 4.60. The summed E-state index contributed by atoms with van der Waals surface area (Å²) in [7, 11) is 1.73. The van der Waals surface area contributed by atoms with Crippen molar-refractivity contribution in [3.05, 3.63) is 23.8 Å². The van der Waals surface area contributed by atoms with E-state index in [-0.39, 0.29) is 11.9 Å². The number of hydrogen-bond donors (Lipinski definition) is 2. The number of hydrogen-bond acceptors (Lipinski definition) is 5. The lowest BCUT2D eigenvalue weighted by atomic mass is 10.4. The van der Waals surface area contributed by atoms with Gasteiger partial charge in [0, 0.05) is 13.2 Å². The van der Waals surface area contributed by atoms with E-state index in [1.165, 1.54) is 0 Å². The summed E-state index contributed by atoms with van der Waals surface area (Å²) in [5, 5.41) is 6.04. The molecule has 3 N–H and O–H groups in total. The van der Waals surface area contributed by atoms with Gasteiger partial charge in [-0.25, -0.2) is 0 Å². The molecular weight excluding hydrogens is 210 g/mol. The number of anilines is 2. The molecule has 7 nitrogen and oxygen atoms in total. The number of rotatable bonds is 2. The smallest absolute Gasteiger partial charge is 0.328 e. The second-order valence-electron chi connectivity index (χ2n) is 3.37. The Morgan fingerprint density at radius 1 is 1.62 bits per heavy atom. The predicted molar refractivity (Wildman–Crippen MR) is 56.8 cm³/mol. The Balaban J connectivity index is 2.17. The third-order valence-corrected chi connectivity index (χ3v) is 2.01. The molecule has 2 heterocycles. The number of nitrogen functional groups attached to an aromatic ring is 1. The van der Waals surface area contributed by atoms with Crippen molar-refractivity contribution in [3.8, 4) is 0 Å². The van der Waals surface area contributed by atoms with Crippen LogP contribution in [0.15, 0.2) is 16.8 Å². The molecule has 0 aliphatic rings. The van der Waals surface area contributed by atoms with Crippen LogP contribution in [0.5, 0.6) is 0 Å². The van der Waals surface area contributed by atoms with Crippen molar-refractivity contribution >= 4 is 17.6 Å². The molecule has 0 aromatic carbocycles. The summed E-state index contributed by atoms with van der Waals surface area (Å²) < 4.78 is 6.39. The fourth-order valence-corrected chi connectivity index (χ4v) is 1.32. The van der Waals surface area contributed by atoms with Crippen molar-refractivity contribution in [2.75, 3.05) is 11.1 Å². The van der Waals surface area contributed by atoms with Gasteiger partial charge in [0.2, 0.25) is 0 Å². The minimum atomic E-state index is -0.345. The fraction of sp³-hybridized carbons (Fsp3) is 0.222. The van der Waals surface area contributed by atoms with Crippen LogP contribution in [0.1, 0.15) is 16.3 Å². The summed E-state index contributed by atoms with van der Waals surface area (Å²) in [6, 6.07) is 1.64. The van der Waals surface area contributed by atoms with E-state index in [9.17, 15) is 4.79 Å². The second kappa shape index (κ2) is 3.69. The van der Waals surface area contributed by atoms with Crippen molar-refractivity contribution < 1.29 is 9.32 Å². The van der Waals surface area contributed by atoms with Crippen LogP contribution in [-0.2, 0) is 7.05 Å². The van der Waals surface area contributed by atoms with Gasteiger partial charge in [-0.3, -0.25) is 10.1 Å². The Kier molecular flexibility index (Phi) is 2.35. The van der Waals surface area contributed by atoms with Crippen LogP contribution >= 0.6 is 0 Å². The maximum absolute atomic E-state index is 11.7. The van der Waals surface area contributed by atoms with Crippen LogP contribution in [-0.4, -0.2) is 20.6 Å². The molecular formula is C9H11N5O2. The maximum atomic E-state index is 11.7. The van der Waals surface area contributed by atoms with E-state index >= 15 is 0 Å². The lowest BCUT2D eigenvalue weighted by Gasteiger charge is -2.00. The van der Waals surface area contributed by atoms with Gasteiger partial charge < -0.3 is 14.8 Å². The van der Waals surface area contributed by atoms with Crippen LogP contribution in [0.2, 0.25) is 0 Å². The van der Waals surface area contributed by atoms with Crippen LogP contribution in [0, 0.1) is 6.92 Å². The van der Waals surface area contributed by atoms with E-state index in [1.54, 1.807) is 30.8 Å². The van der Waals surface area contributed by atoms with E-state index in [2.05, 4.69) is 15.5 Å². The zero-order valence-corrected chi connectivity index (χ0v) is 8.89. The van der Waals surface area contributed by atoms with Crippen LogP contribution < -0.4 is 11.1 Å². The molecule has 84 valence electrons. The van der Waals surface area contributed by atoms with Crippen molar-refractivity contribution in [2.45, 2.75) is 6.92 Å². The average molecular weight is 221 g/mol. The molecule has 1 amide bonds. The molecule has 0 saturated carbocycles. The number of amides is 1. The Morgan fingerprint density at radius 2 is 2.38 bits per heavy atom. The third-order valence-electron chi connectivity index (χ3n) is 2.01. The van der Waals surface area contributed by atoms with Gasteiger partial charge in [0.15, 0.2) is 5.82 Å². The number of aromatic nitrogens is 3. The monoisotopic (exact) mass is 221 g/mol. The van der Waals surface area contributed by atoms with E-state index in [1.807, 2.05) is 0 Å². The highest BCUT2D eigenvalue weighted by Gasteiger charge is 2.13. The van der Waals surface area contributed by atoms with Gasteiger partial charge in [0.05, 0.1) is 5.69 Å². The molecule has 0 aliphatic carbocycles. The molecule has 0 fully saturated rings. The zero-order valence-electron chi connectivity index (χ0n) is 8.89. The highest BCUT2D eigenvalue weighted by Crippen LogP contribution is 2.11. The van der Waals surface area contributed by atoms with Gasteiger partial charge in [-0.05, 0) is 13.0 Å². The molecule has 2 rings (SSSR count). The van der Waals surface area contributed by atoms with Gasteiger partial charge in [0.25, 0.3) is 5.91 Å². The first-order chi connectivity index (χ1) is 7.56. The number of nitrogens with zero attached hydrogens (tertiary/aromatic N) is 3. The predicted octanol–water partition coefficient (Wildman–Crippen LogP) is 0.551. The lowest BCUT2D eigenvalue weighted by Crippen LogP contribution is -2.15. The van der Waals surface area contributed by atoms with E-state index in [0.717, 1.165) is 0 Å². The second-order valence-corrected chi connectivity index (χ2v) is 3.37. The standard InChI is InChI=1S/C9H11N5O2/c1-5-11-9(16-13-5)12-8(15)7-3-6(10)4-14(7)2/h3-4H,10H2,1-2H3,(H,11,12,13,15). The summed E-state index contributed by atoms with van der Waals surface area (Å²) in [4.78, 5) is 15.6. The molecule has 0 spiro atoms. The summed E-state index contributed by atoms with van der Waals surface area (Å²) in [5.41, 5.74) is 6.51. The molecule has 7 heteroatoms. The maximum Gasteiger partial charge on any atom is 0.328 e. The van der Waals surface area contributed by atoms with Crippen molar-refractivity contribution in [1.82, 2.24) is 14.7 Å². The average Bonchev–Trinajstić information content (AvgIpc) is 2.73.